The van der Waals surface area contributed by atoms with E-state index in [0.717, 1.165) is 11.1 Å². The van der Waals surface area contributed by atoms with Crippen LogP contribution in [0.1, 0.15) is 21.5 Å². The van der Waals surface area contributed by atoms with Gasteiger partial charge < -0.3 is 0 Å². The molecule has 0 N–H and O–H groups in total. The van der Waals surface area contributed by atoms with E-state index in [2.05, 4.69) is 28.1 Å². The van der Waals surface area contributed by atoms with Crippen molar-refractivity contribution in [2.24, 2.45) is 0 Å². The molecular weight excluding hydrogens is 267 g/mol. The molecule has 0 aliphatic rings. The molecule has 0 bridgehead atoms. The van der Waals surface area contributed by atoms with Crippen molar-refractivity contribution in [2.75, 3.05) is 0 Å². The van der Waals surface area contributed by atoms with Gasteiger partial charge in [-0.1, -0.05) is 52.3 Å². The lowest BCUT2D eigenvalue weighted by Gasteiger charge is -2.13. The molecule has 2 aromatic carbocycles. The third-order valence-corrected chi connectivity index (χ3v) is 3.62. The summed E-state index contributed by atoms with van der Waals surface area (Å²) in [5, 5.41) is 0. The fourth-order valence-corrected chi connectivity index (χ4v) is 2.54. The normalized spacial score (nSPS) is 12.4. The molecule has 1 unspecified atom stereocenters. The second-order valence-electron chi connectivity index (χ2n) is 3.77. The van der Waals surface area contributed by atoms with Crippen molar-refractivity contribution in [3.8, 4) is 0 Å². The predicted molar refractivity (Wildman–Crippen MR) is 68.3 cm³/mol. The summed E-state index contributed by atoms with van der Waals surface area (Å²) in [7, 11) is 0. The Kier molecular flexibility index (Phi) is 3.39. The average molecular weight is 279 g/mol. The Balaban J connectivity index is 2.38. The highest BCUT2D eigenvalue weighted by atomic mass is 79.9. The van der Waals surface area contributed by atoms with Gasteiger partial charge in [0, 0.05) is 0 Å². The molecule has 0 saturated heterocycles. The van der Waals surface area contributed by atoms with Crippen LogP contribution in [0.15, 0.2) is 48.5 Å². The van der Waals surface area contributed by atoms with E-state index in [1.807, 2.05) is 31.2 Å². The van der Waals surface area contributed by atoms with Gasteiger partial charge in [0.2, 0.25) is 0 Å². The summed E-state index contributed by atoms with van der Waals surface area (Å²) in [6.45, 7) is 1.93. The minimum absolute atomic E-state index is 0.120. The molecule has 0 aromatic heterocycles. The molecule has 0 radical (unpaired) electrons. The quantitative estimate of drug-likeness (QED) is 0.704. The fraction of sp³-hybridized carbons (Fsp3) is 0.143. The molecule has 0 fully saturated rings. The van der Waals surface area contributed by atoms with E-state index < -0.39 is 0 Å². The maximum absolute atomic E-state index is 13.0. The summed E-state index contributed by atoms with van der Waals surface area (Å²) < 4.78 is 13.0. The van der Waals surface area contributed by atoms with Crippen LogP contribution >= 0.6 is 15.9 Å². The van der Waals surface area contributed by atoms with Gasteiger partial charge in [-0.05, 0) is 35.7 Å². The minimum Gasteiger partial charge on any atom is -0.207 e. The summed E-state index contributed by atoms with van der Waals surface area (Å²) in [5.74, 6) is -0.186. The standard InChI is InChI=1S/C14H12BrF/c1-10-9-12(16)7-8-13(10)14(15)11-5-3-2-4-6-11/h2-9,14H,1H3. The molecule has 1 atom stereocenters. The molecule has 16 heavy (non-hydrogen) atoms. The maximum atomic E-state index is 13.0. The number of rotatable bonds is 2. The van der Waals surface area contributed by atoms with Crippen molar-refractivity contribution < 1.29 is 4.39 Å². The van der Waals surface area contributed by atoms with Gasteiger partial charge >= 0.3 is 0 Å². The van der Waals surface area contributed by atoms with E-state index >= 15 is 0 Å². The van der Waals surface area contributed by atoms with Crippen LogP contribution in [0.3, 0.4) is 0 Å². The predicted octanol–water partition coefficient (Wildman–Crippen LogP) is 4.62. The lowest BCUT2D eigenvalue weighted by atomic mass is 10.0. The van der Waals surface area contributed by atoms with Crippen LogP contribution in [0.5, 0.6) is 0 Å². The number of alkyl halides is 1. The van der Waals surface area contributed by atoms with Crippen molar-refractivity contribution in [1.29, 1.82) is 0 Å². The maximum Gasteiger partial charge on any atom is 0.123 e. The molecule has 0 saturated carbocycles. The van der Waals surface area contributed by atoms with Gasteiger partial charge in [0.15, 0.2) is 0 Å². The molecule has 0 heterocycles. The highest BCUT2D eigenvalue weighted by Gasteiger charge is 2.12. The van der Waals surface area contributed by atoms with Crippen LogP contribution in [0.4, 0.5) is 4.39 Å². The smallest absolute Gasteiger partial charge is 0.123 e. The van der Waals surface area contributed by atoms with Crippen molar-refractivity contribution in [3.63, 3.8) is 0 Å². The van der Waals surface area contributed by atoms with E-state index in [0.29, 0.717) is 0 Å². The SMILES string of the molecule is Cc1cc(F)ccc1C(Br)c1ccccc1. The highest BCUT2D eigenvalue weighted by molar-refractivity contribution is 9.09. The Morgan fingerprint density at radius 1 is 1.06 bits per heavy atom. The number of hydrogen-bond donors (Lipinski definition) is 0. The Morgan fingerprint density at radius 3 is 2.38 bits per heavy atom. The molecule has 0 spiro atoms. The van der Waals surface area contributed by atoms with Gasteiger partial charge in [-0.25, -0.2) is 4.39 Å². The molecule has 2 rings (SSSR count). The molecular formula is C14H12BrF. The van der Waals surface area contributed by atoms with Gasteiger partial charge in [0.25, 0.3) is 0 Å². The van der Waals surface area contributed by atoms with Crippen molar-refractivity contribution in [2.45, 2.75) is 11.8 Å². The van der Waals surface area contributed by atoms with Crippen LogP contribution in [0.25, 0.3) is 0 Å². The van der Waals surface area contributed by atoms with Crippen LogP contribution in [-0.4, -0.2) is 0 Å². The van der Waals surface area contributed by atoms with Crippen molar-refractivity contribution in [1.82, 2.24) is 0 Å². The second-order valence-corrected chi connectivity index (χ2v) is 4.69. The highest BCUT2D eigenvalue weighted by Crippen LogP contribution is 2.32. The van der Waals surface area contributed by atoms with Crippen molar-refractivity contribution in [3.05, 3.63) is 71.0 Å². The van der Waals surface area contributed by atoms with E-state index in [1.54, 1.807) is 6.07 Å². The van der Waals surface area contributed by atoms with Crippen molar-refractivity contribution >= 4 is 15.9 Å². The van der Waals surface area contributed by atoms with E-state index in [9.17, 15) is 4.39 Å². The van der Waals surface area contributed by atoms with Gasteiger partial charge in [-0.15, -0.1) is 0 Å². The number of halogens is 2. The molecule has 0 nitrogen and oxygen atoms in total. The Hall–Kier alpha value is -1.15. The summed E-state index contributed by atoms with van der Waals surface area (Å²) in [6, 6.07) is 15.0. The number of hydrogen-bond acceptors (Lipinski definition) is 0. The first-order valence-corrected chi connectivity index (χ1v) is 6.05. The first-order valence-electron chi connectivity index (χ1n) is 5.13. The van der Waals surface area contributed by atoms with E-state index in [-0.39, 0.29) is 10.6 Å². The van der Waals surface area contributed by atoms with Gasteiger partial charge in [0.05, 0.1) is 4.83 Å². The Bertz CT molecular complexity index is 479. The summed E-state index contributed by atoms with van der Waals surface area (Å²) in [6.07, 6.45) is 0. The third-order valence-electron chi connectivity index (χ3n) is 2.60. The number of benzene rings is 2. The summed E-state index contributed by atoms with van der Waals surface area (Å²) >= 11 is 3.65. The van der Waals surface area contributed by atoms with Crippen LogP contribution in [0.2, 0.25) is 0 Å². The molecule has 2 aromatic rings. The molecule has 0 amide bonds. The third kappa shape index (κ3) is 2.33. The lowest BCUT2D eigenvalue weighted by Crippen LogP contribution is -1.96. The average Bonchev–Trinajstić information content (AvgIpc) is 2.29. The summed E-state index contributed by atoms with van der Waals surface area (Å²) in [4.78, 5) is 0.120. The largest absolute Gasteiger partial charge is 0.207 e. The monoisotopic (exact) mass is 278 g/mol. The lowest BCUT2D eigenvalue weighted by molar-refractivity contribution is 0.626. The number of aryl methyl sites for hydroxylation is 1. The van der Waals surface area contributed by atoms with E-state index in [1.165, 1.54) is 11.6 Å². The van der Waals surface area contributed by atoms with Crippen LogP contribution in [-0.2, 0) is 0 Å². The zero-order chi connectivity index (χ0) is 11.5. The van der Waals surface area contributed by atoms with Gasteiger partial charge in [0.1, 0.15) is 5.82 Å². The second kappa shape index (κ2) is 4.79. The van der Waals surface area contributed by atoms with Gasteiger partial charge in [-0.2, -0.15) is 0 Å². The minimum atomic E-state index is -0.186. The zero-order valence-corrected chi connectivity index (χ0v) is 10.5. The summed E-state index contributed by atoms with van der Waals surface area (Å²) in [5.41, 5.74) is 3.25. The first kappa shape index (κ1) is 11.3. The molecule has 0 aliphatic carbocycles. The molecule has 82 valence electrons. The molecule has 2 heteroatoms. The topological polar surface area (TPSA) is 0 Å². The van der Waals surface area contributed by atoms with Gasteiger partial charge in [-0.3, -0.25) is 0 Å². The Labute approximate surface area is 103 Å². The fourth-order valence-electron chi connectivity index (χ4n) is 1.73. The first-order chi connectivity index (χ1) is 7.68. The molecule has 0 aliphatic heterocycles. The van der Waals surface area contributed by atoms with Crippen LogP contribution < -0.4 is 0 Å². The van der Waals surface area contributed by atoms with Crippen LogP contribution in [0, 0.1) is 12.7 Å². The Morgan fingerprint density at radius 2 is 1.75 bits per heavy atom. The zero-order valence-electron chi connectivity index (χ0n) is 8.95. The van der Waals surface area contributed by atoms with E-state index in [4.69, 9.17) is 0 Å².